The van der Waals surface area contributed by atoms with Gasteiger partial charge >= 0.3 is 6.03 Å². The van der Waals surface area contributed by atoms with Gasteiger partial charge in [0, 0.05) is 44.5 Å². The van der Waals surface area contributed by atoms with Gasteiger partial charge in [0.05, 0.1) is 0 Å². The van der Waals surface area contributed by atoms with Crippen LogP contribution in [0.25, 0.3) is 0 Å². The van der Waals surface area contributed by atoms with Gasteiger partial charge in [0.15, 0.2) is 0 Å². The minimum atomic E-state index is 0.00941. The van der Waals surface area contributed by atoms with Gasteiger partial charge in [-0.05, 0) is 56.1 Å². The molecule has 1 atom stereocenters. The van der Waals surface area contributed by atoms with Crippen molar-refractivity contribution < 1.29 is 4.79 Å². The predicted octanol–water partition coefficient (Wildman–Crippen LogP) is 3.36. The molecule has 5 nitrogen and oxygen atoms in total. The summed E-state index contributed by atoms with van der Waals surface area (Å²) in [6.45, 7) is 5.86. The highest BCUT2D eigenvalue weighted by atomic mass is 16.2. The lowest BCUT2D eigenvalue weighted by Gasteiger charge is -2.37. The Labute approximate surface area is 174 Å². The monoisotopic (exact) mass is 392 g/mol. The SMILES string of the molecule is CN(CCc1ccccc1)[C@@H]1CCCN(Cc2ccc(N3CCNC3=O)cc2)C1. The first kappa shape index (κ1) is 19.9. The maximum Gasteiger partial charge on any atom is 0.321 e. The normalized spacial score (nSPS) is 20.3. The van der Waals surface area contributed by atoms with Crippen molar-refractivity contribution in [3.63, 3.8) is 0 Å². The van der Waals surface area contributed by atoms with Gasteiger partial charge in [-0.25, -0.2) is 4.79 Å². The van der Waals surface area contributed by atoms with E-state index >= 15 is 0 Å². The van der Waals surface area contributed by atoms with Crippen LogP contribution in [0.15, 0.2) is 54.6 Å². The number of carbonyl (C=O) groups excluding carboxylic acids is 1. The van der Waals surface area contributed by atoms with E-state index in [0.29, 0.717) is 6.04 Å². The molecule has 4 rings (SSSR count). The molecule has 2 aromatic rings. The van der Waals surface area contributed by atoms with Crippen molar-refractivity contribution in [1.29, 1.82) is 0 Å². The number of likely N-dealkylation sites (tertiary alicyclic amines) is 1. The number of nitrogens with one attached hydrogen (secondary N) is 1. The third kappa shape index (κ3) is 5.17. The van der Waals surface area contributed by atoms with Gasteiger partial charge in [-0.15, -0.1) is 0 Å². The van der Waals surface area contributed by atoms with E-state index in [9.17, 15) is 4.79 Å². The van der Waals surface area contributed by atoms with Crippen molar-refractivity contribution in [2.24, 2.45) is 0 Å². The fourth-order valence-electron chi connectivity index (χ4n) is 4.42. The van der Waals surface area contributed by atoms with Gasteiger partial charge in [-0.2, -0.15) is 0 Å². The Kier molecular flexibility index (Phi) is 6.47. The number of piperidine rings is 1. The van der Waals surface area contributed by atoms with E-state index in [1.807, 2.05) is 4.90 Å². The molecular weight excluding hydrogens is 360 g/mol. The van der Waals surface area contributed by atoms with Crippen molar-refractivity contribution >= 4 is 11.7 Å². The van der Waals surface area contributed by atoms with E-state index in [4.69, 9.17) is 0 Å². The summed E-state index contributed by atoms with van der Waals surface area (Å²) < 4.78 is 0. The lowest BCUT2D eigenvalue weighted by molar-refractivity contribution is 0.112. The van der Waals surface area contributed by atoms with Crippen molar-refractivity contribution in [2.45, 2.75) is 31.8 Å². The lowest BCUT2D eigenvalue weighted by atomic mass is 10.0. The number of amides is 2. The number of anilines is 1. The molecule has 0 saturated carbocycles. The molecule has 0 unspecified atom stereocenters. The molecule has 2 heterocycles. The van der Waals surface area contributed by atoms with Gasteiger partial charge < -0.3 is 10.2 Å². The van der Waals surface area contributed by atoms with Crippen LogP contribution in [0.1, 0.15) is 24.0 Å². The highest BCUT2D eigenvalue weighted by molar-refractivity contribution is 5.93. The zero-order valence-electron chi connectivity index (χ0n) is 17.4. The average Bonchev–Trinajstić information content (AvgIpc) is 3.19. The Morgan fingerprint density at radius 3 is 2.55 bits per heavy atom. The highest BCUT2D eigenvalue weighted by Gasteiger charge is 2.24. The van der Waals surface area contributed by atoms with E-state index in [1.54, 1.807) is 0 Å². The molecule has 2 fully saturated rings. The molecule has 0 aliphatic carbocycles. The molecule has 2 aromatic carbocycles. The third-order valence-corrected chi connectivity index (χ3v) is 6.21. The fourth-order valence-corrected chi connectivity index (χ4v) is 4.42. The maximum atomic E-state index is 11.8. The zero-order chi connectivity index (χ0) is 20.1. The van der Waals surface area contributed by atoms with Crippen LogP contribution in [0.5, 0.6) is 0 Å². The first-order valence-corrected chi connectivity index (χ1v) is 10.8. The smallest absolute Gasteiger partial charge is 0.321 e. The lowest BCUT2D eigenvalue weighted by Crippen LogP contribution is -2.46. The standard InChI is InChI=1S/C24H32N4O/c1-26(16-13-20-6-3-2-4-7-20)23-8-5-15-27(19-23)18-21-9-11-22(12-10-21)28-17-14-25-24(28)29/h2-4,6-7,9-12,23H,5,8,13-19H2,1H3,(H,25,29)/t23-/m1/s1. The van der Waals surface area contributed by atoms with E-state index < -0.39 is 0 Å². The van der Waals surface area contributed by atoms with Gasteiger partial charge in [0.2, 0.25) is 0 Å². The Hall–Kier alpha value is -2.37. The van der Waals surface area contributed by atoms with Crippen molar-refractivity contribution in [3.8, 4) is 0 Å². The molecule has 2 aliphatic heterocycles. The van der Waals surface area contributed by atoms with Crippen LogP contribution < -0.4 is 10.2 Å². The minimum Gasteiger partial charge on any atom is -0.336 e. The third-order valence-electron chi connectivity index (χ3n) is 6.21. The second-order valence-corrected chi connectivity index (χ2v) is 8.30. The molecule has 5 heteroatoms. The molecule has 29 heavy (non-hydrogen) atoms. The molecule has 0 bridgehead atoms. The van der Waals surface area contributed by atoms with Crippen LogP contribution >= 0.6 is 0 Å². The van der Waals surface area contributed by atoms with Crippen molar-refractivity contribution in [3.05, 3.63) is 65.7 Å². The number of urea groups is 1. The highest BCUT2D eigenvalue weighted by Crippen LogP contribution is 2.21. The molecule has 1 N–H and O–H groups in total. The summed E-state index contributed by atoms with van der Waals surface area (Å²) in [4.78, 5) is 18.7. The summed E-state index contributed by atoms with van der Waals surface area (Å²) in [5, 5.41) is 2.86. The second-order valence-electron chi connectivity index (χ2n) is 8.30. The van der Waals surface area contributed by atoms with Crippen LogP contribution in [0.4, 0.5) is 10.5 Å². The van der Waals surface area contributed by atoms with Crippen LogP contribution in [0, 0.1) is 0 Å². The zero-order valence-corrected chi connectivity index (χ0v) is 17.4. The predicted molar refractivity (Wildman–Crippen MR) is 118 cm³/mol. The summed E-state index contributed by atoms with van der Waals surface area (Å²) in [7, 11) is 2.27. The molecule has 154 valence electrons. The molecule has 0 aromatic heterocycles. The quantitative estimate of drug-likeness (QED) is 0.785. The van der Waals surface area contributed by atoms with Crippen molar-refractivity contribution in [2.75, 3.05) is 44.7 Å². The summed E-state index contributed by atoms with van der Waals surface area (Å²) in [5.74, 6) is 0. The largest absolute Gasteiger partial charge is 0.336 e. The summed E-state index contributed by atoms with van der Waals surface area (Å²) >= 11 is 0. The molecule has 0 spiro atoms. The van der Waals surface area contributed by atoms with Gasteiger partial charge in [0.25, 0.3) is 0 Å². The maximum absolute atomic E-state index is 11.8. The number of rotatable bonds is 7. The Morgan fingerprint density at radius 2 is 1.83 bits per heavy atom. The van der Waals surface area contributed by atoms with Crippen LogP contribution in [-0.4, -0.2) is 61.6 Å². The van der Waals surface area contributed by atoms with E-state index in [2.05, 4.69) is 76.8 Å². The number of carbonyl (C=O) groups is 1. The molecule has 2 aliphatic rings. The topological polar surface area (TPSA) is 38.8 Å². The second kappa shape index (κ2) is 9.42. The molecular formula is C24H32N4O. The number of benzene rings is 2. The summed E-state index contributed by atoms with van der Waals surface area (Å²) in [6, 6.07) is 19.9. The summed E-state index contributed by atoms with van der Waals surface area (Å²) in [5.41, 5.74) is 3.72. The fraction of sp³-hybridized carbons (Fsp3) is 0.458. The van der Waals surface area contributed by atoms with Gasteiger partial charge in [-0.1, -0.05) is 42.5 Å². The van der Waals surface area contributed by atoms with Gasteiger partial charge in [-0.3, -0.25) is 9.80 Å². The first-order valence-electron chi connectivity index (χ1n) is 10.8. The van der Waals surface area contributed by atoms with Gasteiger partial charge in [0.1, 0.15) is 0 Å². The number of nitrogens with zero attached hydrogens (tertiary/aromatic N) is 3. The molecule has 0 radical (unpaired) electrons. The minimum absolute atomic E-state index is 0.00941. The van der Waals surface area contributed by atoms with E-state index in [0.717, 1.165) is 44.8 Å². The van der Waals surface area contributed by atoms with E-state index in [-0.39, 0.29) is 6.03 Å². The Morgan fingerprint density at radius 1 is 1.03 bits per heavy atom. The number of likely N-dealkylation sites (N-methyl/N-ethyl adjacent to an activating group) is 1. The number of hydrogen-bond acceptors (Lipinski definition) is 3. The molecule has 2 saturated heterocycles. The Balaban J connectivity index is 1.28. The van der Waals surface area contributed by atoms with E-state index in [1.165, 1.54) is 30.5 Å². The van der Waals surface area contributed by atoms with Crippen LogP contribution in [-0.2, 0) is 13.0 Å². The average molecular weight is 393 g/mol. The summed E-state index contributed by atoms with van der Waals surface area (Å²) in [6.07, 6.45) is 3.65. The van der Waals surface area contributed by atoms with Crippen LogP contribution in [0.3, 0.4) is 0 Å². The first-order chi connectivity index (χ1) is 14.2. The van der Waals surface area contributed by atoms with Crippen molar-refractivity contribution in [1.82, 2.24) is 15.1 Å². The number of hydrogen-bond donors (Lipinski definition) is 1. The van der Waals surface area contributed by atoms with Crippen LogP contribution in [0.2, 0.25) is 0 Å². The Bertz CT molecular complexity index is 792. The molecule has 2 amide bonds.